The number of esters is 1. The highest BCUT2D eigenvalue weighted by atomic mass is 16.5. The van der Waals surface area contributed by atoms with Crippen LogP contribution in [0.2, 0.25) is 0 Å². The maximum absolute atomic E-state index is 14.0. The lowest BCUT2D eigenvalue weighted by molar-refractivity contribution is 0.0596. The number of ether oxygens (including phenoxy) is 6. The first-order chi connectivity index (χ1) is 19.3. The van der Waals surface area contributed by atoms with E-state index in [1.165, 1.54) is 42.7 Å². The molecule has 214 valence electrons. The molecule has 1 N–H and O–H groups in total. The first kappa shape index (κ1) is 28.9. The molecule has 0 aliphatic heterocycles. The number of hydrogen-bond acceptors (Lipinski definition) is 9. The highest BCUT2D eigenvalue weighted by molar-refractivity contribution is 6.21. The lowest BCUT2D eigenvalue weighted by Crippen LogP contribution is -2.17. The molecule has 40 heavy (non-hydrogen) atoms. The third-order valence-electron chi connectivity index (χ3n) is 7.61. The van der Waals surface area contributed by atoms with Crippen molar-refractivity contribution in [3.8, 4) is 45.6 Å². The van der Waals surface area contributed by atoms with Gasteiger partial charge in [-0.2, -0.15) is 0 Å². The largest absolute Gasteiger partial charge is 0.507 e. The van der Waals surface area contributed by atoms with E-state index in [4.69, 9.17) is 28.4 Å². The molecule has 0 heterocycles. The van der Waals surface area contributed by atoms with E-state index in [0.29, 0.717) is 28.0 Å². The van der Waals surface area contributed by atoms with Crippen LogP contribution in [-0.4, -0.2) is 59.5 Å². The number of aromatic hydroxyl groups is 1. The first-order valence-electron chi connectivity index (χ1n) is 13.2. The third kappa shape index (κ3) is 5.08. The number of phenols is 1. The molecule has 9 nitrogen and oxygen atoms in total. The van der Waals surface area contributed by atoms with Crippen LogP contribution in [0.1, 0.15) is 59.2 Å². The zero-order chi connectivity index (χ0) is 29.0. The molecule has 0 radical (unpaired) electrons. The monoisotopic (exact) mass is 552 g/mol. The van der Waals surface area contributed by atoms with Crippen molar-refractivity contribution >= 4 is 22.5 Å². The van der Waals surface area contributed by atoms with Gasteiger partial charge in [-0.25, -0.2) is 4.79 Å². The summed E-state index contributed by atoms with van der Waals surface area (Å²) >= 11 is 0. The zero-order valence-electron chi connectivity index (χ0n) is 23.8. The molecule has 1 aliphatic carbocycles. The minimum atomic E-state index is -0.772. The Morgan fingerprint density at radius 3 is 2.00 bits per heavy atom. The average molecular weight is 553 g/mol. The van der Waals surface area contributed by atoms with Gasteiger partial charge in [-0.15, -0.1) is 0 Å². The van der Waals surface area contributed by atoms with E-state index in [1.54, 1.807) is 24.3 Å². The summed E-state index contributed by atoms with van der Waals surface area (Å²) in [5.41, 5.74) is 0.681. The quantitative estimate of drug-likeness (QED) is 0.232. The van der Waals surface area contributed by atoms with Crippen molar-refractivity contribution in [3.63, 3.8) is 0 Å². The van der Waals surface area contributed by atoms with Gasteiger partial charge in [-0.1, -0.05) is 38.2 Å². The number of carbonyl (C=O) groups excluding carboxylic acids is 2. The minimum absolute atomic E-state index is 0.0638. The minimum Gasteiger partial charge on any atom is -0.507 e. The molecule has 0 aromatic heterocycles. The van der Waals surface area contributed by atoms with Crippen molar-refractivity contribution in [2.75, 3.05) is 42.7 Å². The number of methoxy groups -OCH3 is 6. The van der Waals surface area contributed by atoms with E-state index in [1.807, 2.05) is 0 Å². The van der Waals surface area contributed by atoms with Crippen molar-refractivity contribution in [1.82, 2.24) is 0 Å². The van der Waals surface area contributed by atoms with Gasteiger partial charge in [0.2, 0.25) is 5.75 Å². The van der Waals surface area contributed by atoms with Gasteiger partial charge in [0.25, 0.3) is 0 Å². The fraction of sp³-hybridized carbons (Fsp3) is 0.419. The number of phenolic OH excluding ortho intramolecular Hbond substituents is 1. The van der Waals surface area contributed by atoms with Crippen molar-refractivity contribution in [3.05, 3.63) is 35.4 Å². The number of fused-ring (bicyclic) bond motifs is 1. The van der Waals surface area contributed by atoms with Crippen LogP contribution in [0.15, 0.2) is 24.3 Å². The van der Waals surface area contributed by atoms with E-state index in [2.05, 4.69) is 0 Å². The number of benzene rings is 3. The van der Waals surface area contributed by atoms with E-state index in [9.17, 15) is 14.7 Å². The number of carbonyl (C=O) groups is 2. The van der Waals surface area contributed by atoms with Crippen LogP contribution in [0.25, 0.3) is 21.9 Å². The van der Waals surface area contributed by atoms with Crippen LogP contribution in [0, 0.1) is 5.92 Å². The van der Waals surface area contributed by atoms with Gasteiger partial charge in [-0.05, 0) is 29.7 Å². The Labute approximate surface area is 233 Å². The predicted octanol–water partition coefficient (Wildman–Crippen LogP) is 6.20. The van der Waals surface area contributed by atoms with Crippen molar-refractivity contribution < 1.29 is 43.1 Å². The summed E-state index contributed by atoms with van der Waals surface area (Å²) in [5.74, 6) is 0.375. The average Bonchev–Trinajstić information content (AvgIpc) is 2.99. The Balaban J connectivity index is 2.18. The maximum Gasteiger partial charge on any atom is 0.339 e. The molecule has 0 unspecified atom stereocenters. The molecule has 0 spiro atoms. The van der Waals surface area contributed by atoms with Gasteiger partial charge in [0.1, 0.15) is 5.75 Å². The van der Waals surface area contributed by atoms with E-state index in [0.717, 1.165) is 32.1 Å². The second-order valence-corrected chi connectivity index (χ2v) is 9.73. The van der Waals surface area contributed by atoms with E-state index in [-0.39, 0.29) is 57.6 Å². The predicted molar refractivity (Wildman–Crippen MR) is 151 cm³/mol. The Hall–Kier alpha value is -4.14. The second-order valence-electron chi connectivity index (χ2n) is 9.73. The Bertz CT molecular complexity index is 1420. The molecule has 3 aromatic carbocycles. The van der Waals surface area contributed by atoms with Crippen LogP contribution in [0.3, 0.4) is 0 Å². The number of Topliss-reactive ketones (excluding diaryl/α,β-unsaturated/α-hetero) is 1. The molecule has 3 aromatic rings. The molecule has 0 atom stereocenters. The molecule has 1 fully saturated rings. The highest BCUT2D eigenvalue weighted by Crippen LogP contribution is 2.53. The molecule has 1 aliphatic rings. The molecule has 9 heteroatoms. The number of ketones is 1. The number of rotatable bonds is 10. The van der Waals surface area contributed by atoms with Gasteiger partial charge >= 0.3 is 5.97 Å². The second kappa shape index (κ2) is 12.4. The summed E-state index contributed by atoms with van der Waals surface area (Å²) in [6, 6.07) is 6.72. The van der Waals surface area contributed by atoms with Crippen LogP contribution in [0.5, 0.6) is 34.5 Å². The summed E-state index contributed by atoms with van der Waals surface area (Å²) in [7, 11) is 8.65. The normalized spacial score (nSPS) is 13.6. The van der Waals surface area contributed by atoms with E-state index >= 15 is 0 Å². The highest BCUT2D eigenvalue weighted by Gasteiger charge is 2.34. The SMILES string of the molecule is COC(=O)c1c(C(=O)CC2CCCCC2)c(O)c2cc(OC)c(OC)c(OC)c2c1-c1ccc(OC)c(OC)c1. The molecular formula is C31H36O9. The number of hydrogen-bond donors (Lipinski definition) is 1. The lowest BCUT2D eigenvalue weighted by Gasteiger charge is -2.24. The lowest BCUT2D eigenvalue weighted by atomic mass is 9.81. The van der Waals surface area contributed by atoms with Crippen molar-refractivity contribution in [2.45, 2.75) is 38.5 Å². The van der Waals surface area contributed by atoms with Crippen molar-refractivity contribution in [1.29, 1.82) is 0 Å². The Morgan fingerprint density at radius 2 is 1.43 bits per heavy atom. The molecular weight excluding hydrogens is 516 g/mol. The summed E-state index contributed by atoms with van der Waals surface area (Å²) in [4.78, 5) is 27.5. The van der Waals surface area contributed by atoms with Gasteiger partial charge in [0, 0.05) is 22.8 Å². The van der Waals surface area contributed by atoms with Gasteiger partial charge < -0.3 is 33.5 Å². The molecule has 4 rings (SSSR count). The van der Waals surface area contributed by atoms with Crippen LogP contribution >= 0.6 is 0 Å². The zero-order valence-corrected chi connectivity index (χ0v) is 23.8. The van der Waals surface area contributed by atoms with Crippen LogP contribution < -0.4 is 23.7 Å². The summed E-state index contributed by atoms with van der Waals surface area (Å²) < 4.78 is 33.1. The standard InChI is InChI=1S/C31H36O9/c1-35-21-13-12-18(15-22(21)36-2)24-25-19(16-23(37-3)29(38-4)30(25)39-5)28(33)26(27(24)31(34)40-6)20(32)14-17-10-8-7-9-11-17/h12-13,15-17,33H,7-11,14H2,1-6H3. The van der Waals surface area contributed by atoms with Gasteiger partial charge in [0.15, 0.2) is 28.8 Å². The van der Waals surface area contributed by atoms with Gasteiger partial charge in [-0.3, -0.25) is 4.79 Å². The van der Waals surface area contributed by atoms with Crippen molar-refractivity contribution in [2.24, 2.45) is 5.92 Å². The third-order valence-corrected chi connectivity index (χ3v) is 7.61. The van der Waals surface area contributed by atoms with E-state index < -0.39 is 5.97 Å². The molecule has 0 amide bonds. The Kier molecular flexibility index (Phi) is 8.92. The fourth-order valence-electron chi connectivity index (χ4n) is 5.71. The van der Waals surface area contributed by atoms with Crippen LogP contribution in [0.4, 0.5) is 0 Å². The molecule has 0 saturated heterocycles. The van der Waals surface area contributed by atoms with Gasteiger partial charge in [0.05, 0.1) is 53.8 Å². The topological polar surface area (TPSA) is 110 Å². The maximum atomic E-state index is 14.0. The Morgan fingerprint density at radius 1 is 0.775 bits per heavy atom. The summed E-state index contributed by atoms with van der Waals surface area (Å²) in [5, 5.41) is 12.3. The summed E-state index contributed by atoms with van der Waals surface area (Å²) in [6.45, 7) is 0. The smallest absolute Gasteiger partial charge is 0.339 e. The fourth-order valence-corrected chi connectivity index (χ4v) is 5.71. The summed E-state index contributed by atoms with van der Waals surface area (Å²) in [6.07, 6.45) is 5.31. The first-order valence-corrected chi connectivity index (χ1v) is 13.2. The molecule has 1 saturated carbocycles. The van der Waals surface area contributed by atoms with Crippen LogP contribution in [-0.2, 0) is 4.74 Å². The molecule has 0 bridgehead atoms.